The molecule has 0 radical (unpaired) electrons. The van der Waals surface area contributed by atoms with Crippen LogP contribution in [0.2, 0.25) is 0 Å². The molecule has 0 aliphatic carbocycles. The van der Waals surface area contributed by atoms with E-state index in [9.17, 15) is 0 Å². The van der Waals surface area contributed by atoms with E-state index < -0.39 is 0 Å². The highest BCUT2D eigenvalue weighted by Gasteiger charge is 2.25. The summed E-state index contributed by atoms with van der Waals surface area (Å²) in [5.41, 5.74) is 3.86. The molecule has 2 aliphatic heterocycles. The Kier molecular flexibility index (Phi) is 3.91. The fraction of sp³-hybridized carbons (Fsp3) is 0.529. The molecule has 1 saturated heterocycles. The number of hydrogen-bond acceptors (Lipinski definition) is 4. The minimum atomic E-state index is 0.485. The third kappa shape index (κ3) is 2.78. The molecule has 22 heavy (non-hydrogen) atoms. The van der Waals surface area contributed by atoms with Crippen LogP contribution in [0.1, 0.15) is 42.3 Å². The lowest BCUT2D eigenvalue weighted by Crippen LogP contribution is -2.33. The van der Waals surface area contributed by atoms with Crippen LogP contribution >= 0.6 is 0 Å². The van der Waals surface area contributed by atoms with Gasteiger partial charge in [-0.05, 0) is 37.1 Å². The van der Waals surface area contributed by atoms with E-state index in [1.807, 2.05) is 18.5 Å². The number of nitrogens with zero attached hydrogens (tertiary/aromatic N) is 4. The van der Waals surface area contributed by atoms with Gasteiger partial charge in [-0.3, -0.25) is 14.6 Å². The van der Waals surface area contributed by atoms with E-state index in [1.165, 1.54) is 36.2 Å². The third-order valence-electron chi connectivity index (χ3n) is 4.77. The molecule has 4 heterocycles. The number of piperidine rings is 1. The molecule has 5 nitrogen and oxygen atoms in total. The molecule has 0 spiro atoms. The van der Waals surface area contributed by atoms with Gasteiger partial charge < -0.3 is 5.32 Å². The Balaban J connectivity index is 1.53. The Hall–Kier alpha value is -1.72. The van der Waals surface area contributed by atoms with Crippen LogP contribution in [0.15, 0.2) is 30.6 Å². The smallest absolute Gasteiger partial charge is 0.0768 e. The number of hydrogen-bond donors (Lipinski definition) is 1. The number of fused-ring (bicyclic) bond motifs is 1. The number of aromatic nitrogens is 3. The van der Waals surface area contributed by atoms with Crippen LogP contribution in [-0.4, -0.2) is 32.8 Å². The summed E-state index contributed by atoms with van der Waals surface area (Å²) in [4.78, 5) is 6.87. The van der Waals surface area contributed by atoms with E-state index in [-0.39, 0.29) is 0 Å². The van der Waals surface area contributed by atoms with Gasteiger partial charge in [0.15, 0.2) is 0 Å². The molecule has 0 saturated carbocycles. The highest BCUT2D eigenvalue weighted by Crippen LogP contribution is 2.31. The van der Waals surface area contributed by atoms with Crippen molar-refractivity contribution in [1.82, 2.24) is 25.0 Å². The Bertz CT molecular complexity index is 598. The first kappa shape index (κ1) is 13.9. The van der Waals surface area contributed by atoms with E-state index in [4.69, 9.17) is 5.10 Å². The second kappa shape index (κ2) is 6.18. The maximum Gasteiger partial charge on any atom is 0.0768 e. The van der Waals surface area contributed by atoms with Crippen molar-refractivity contribution in [3.05, 3.63) is 47.5 Å². The lowest BCUT2D eigenvalue weighted by atomic mass is 9.96. The van der Waals surface area contributed by atoms with Crippen LogP contribution in [0.3, 0.4) is 0 Å². The van der Waals surface area contributed by atoms with Crippen molar-refractivity contribution >= 4 is 0 Å². The van der Waals surface area contributed by atoms with Gasteiger partial charge in [-0.1, -0.05) is 12.5 Å². The van der Waals surface area contributed by atoms with Crippen molar-refractivity contribution in [3.8, 4) is 0 Å². The zero-order chi connectivity index (χ0) is 14.8. The summed E-state index contributed by atoms with van der Waals surface area (Å²) in [5, 5.41) is 8.20. The third-order valence-corrected chi connectivity index (χ3v) is 4.77. The minimum Gasteiger partial charge on any atom is -0.309 e. The van der Waals surface area contributed by atoms with Gasteiger partial charge >= 0.3 is 0 Å². The lowest BCUT2D eigenvalue weighted by Gasteiger charge is -2.35. The minimum absolute atomic E-state index is 0.485. The van der Waals surface area contributed by atoms with Gasteiger partial charge in [0.1, 0.15) is 0 Å². The maximum atomic E-state index is 4.79. The molecule has 5 heteroatoms. The average molecular weight is 297 g/mol. The maximum absolute atomic E-state index is 4.79. The second-order valence-electron chi connectivity index (χ2n) is 6.30. The topological polar surface area (TPSA) is 46.0 Å². The van der Waals surface area contributed by atoms with Crippen LogP contribution in [0, 0.1) is 0 Å². The molecule has 1 N–H and O–H groups in total. The molecular formula is C17H23N5. The summed E-state index contributed by atoms with van der Waals surface area (Å²) in [6, 6.07) is 7.00. The van der Waals surface area contributed by atoms with Crippen molar-refractivity contribution < 1.29 is 0 Å². The summed E-state index contributed by atoms with van der Waals surface area (Å²) < 4.78 is 2.16. The molecule has 0 amide bonds. The normalized spacial score (nSPS) is 22.5. The highest BCUT2D eigenvalue weighted by molar-refractivity contribution is 5.16. The average Bonchev–Trinajstić information content (AvgIpc) is 2.98. The summed E-state index contributed by atoms with van der Waals surface area (Å²) in [6.45, 7) is 5.05. The summed E-state index contributed by atoms with van der Waals surface area (Å²) in [7, 11) is 0. The predicted molar refractivity (Wildman–Crippen MR) is 85.2 cm³/mol. The zero-order valence-corrected chi connectivity index (χ0v) is 12.9. The number of likely N-dealkylation sites (tertiary alicyclic amines) is 1. The van der Waals surface area contributed by atoms with Crippen molar-refractivity contribution in [2.45, 2.75) is 44.9 Å². The Morgan fingerprint density at radius 2 is 2.27 bits per heavy atom. The van der Waals surface area contributed by atoms with E-state index in [1.54, 1.807) is 0 Å². The van der Waals surface area contributed by atoms with E-state index in [2.05, 4.69) is 32.0 Å². The van der Waals surface area contributed by atoms with Crippen LogP contribution in [0.4, 0.5) is 0 Å². The van der Waals surface area contributed by atoms with Crippen LogP contribution < -0.4 is 5.32 Å². The largest absolute Gasteiger partial charge is 0.309 e. The fourth-order valence-corrected chi connectivity index (χ4v) is 3.67. The fourth-order valence-electron chi connectivity index (χ4n) is 3.67. The first-order valence-corrected chi connectivity index (χ1v) is 8.30. The molecule has 2 aromatic heterocycles. The van der Waals surface area contributed by atoms with E-state index in [0.29, 0.717) is 6.04 Å². The van der Waals surface area contributed by atoms with Gasteiger partial charge in [0.2, 0.25) is 0 Å². The van der Waals surface area contributed by atoms with Crippen LogP contribution in [-0.2, 0) is 19.6 Å². The summed E-state index contributed by atoms with van der Waals surface area (Å²) in [6.07, 6.45) is 7.69. The van der Waals surface area contributed by atoms with Gasteiger partial charge in [-0.15, -0.1) is 0 Å². The molecule has 0 aromatic carbocycles. The lowest BCUT2D eigenvalue weighted by molar-refractivity contribution is 0.138. The van der Waals surface area contributed by atoms with Crippen molar-refractivity contribution in [2.24, 2.45) is 0 Å². The SMILES string of the molecule is c1cncc(C2CCCCN2Cc2cc3n(n2)CCNC3)c1. The molecule has 0 bridgehead atoms. The van der Waals surface area contributed by atoms with Gasteiger partial charge in [-0.2, -0.15) is 5.10 Å². The standard InChI is InChI=1S/C17H23N5/c1-2-8-21(17(5-1)14-4-3-6-18-11-14)13-15-10-16-12-19-7-9-22(16)20-15/h3-4,6,10-11,17,19H,1-2,5,7-9,12-13H2. The van der Waals surface area contributed by atoms with Gasteiger partial charge in [0.05, 0.1) is 17.9 Å². The summed E-state index contributed by atoms with van der Waals surface area (Å²) in [5.74, 6) is 0. The first-order chi connectivity index (χ1) is 10.9. The first-order valence-electron chi connectivity index (χ1n) is 8.30. The Morgan fingerprint density at radius 3 is 3.14 bits per heavy atom. The van der Waals surface area contributed by atoms with Crippen molar-refractivity contribution in [3.63, 3.8) is 0 Å². The van der Waals surface area contributed by atoms with Gasteiger partial charge in [-0.25, -0.2) is 0 Å². The van der Waals surface area contributed by atoms with Crippen molar-refractivity contribution in [2.75, 3.05) is 13.1 Å². The second-order valence-corrected chi connectivity index (χ2v) is 6.30. The molecule has 116 valence electrons. The molecule has 1 unspecified atom stereocenters. The molecule has 1 fully saturated rings. The predicted octanol–water partition coefficient (Wildman–Crippen LogP) is 2.11. The number of rotatable bonds is 3. The molecule has 2 aliphatic rings. The Morgan fingerprint density at radius 1 is 1.27 bits per heavy atom. The molecule has 1 atom stereocenters. The van der Waals surface area contributed by atoms with Crippen LogP contribution in [0.25, 0.3) is 0 Å². The quantitative estimate of drug-likeness (QED) is 0.942. The summed E-state index contributed by atoms with van der Waals surface area (Å²) >= 11 is 0. The zero-order valence-electron chi connectivity index (χ0n) is 12.9. The highest BCUT2D eigenvalue weighted by atomic mass is 15.3. The molecular weight excluding hydrogens is 274 g/mol. The Labute approximate surface area is 131 Å². The van der Waals surface area contributed by atoms with E-state index >= 15 is 0 Å². The molecule has 4 rings (SSSR count). The van der Waals surface area contributed by atoms with Gasteiger partial charge in [0.25, 0.3) is 0 Å². The number of pyridine rings is 1. The number of nitrogens with one attached hydrogen (secondary N) is 1. The van der Waals surface area contributed by atoms with Gasteiger partial charge in [0, 0.05) is 38.1 Å². The molecule has 2 aromatic rings. The monoisotopic (exact) mass is 297 g/mol. The van der Waals surface area contributed by atoms with Crippen molar-refractivity contribution in [1.29, 1.82) is 0 Å². The van der Waals surface area contributed by atoms with E-state index in [0.717, 1.165) is 32.7 Å². The van der Waals surface area contributed by atoms with Crippen LogP contribution in [0.5, 0.6) is 0 Å².